The van der Waals surface area contributed by atoms with Gasteiger partial charge < -0.3 is 4.74 Å². The molecule has 0 aliphatic carbocycles. The zero-order valence-corrected chi connectivity index (χ0v) is 7.78. The molecule has 0 saturated carbocycles. The lowest BCUT2D eigenvalue weighted by atomic mass is 10.2. The van der Waals surface area contributed by atoms with E-state index in [1.165, 1.54) is 0 Å². The van der Waals surface area contributed by atoms with Gasteiger partial charge in [0.2, 0.25) is 0 Å². The molecule has 72 valence electrons. The SMILES string of the molecule is CCOc1ccc2cn[nH]c(=O)c2c1. The maximum Gasteiger partial charge on any atom is 0.272 e. The number of hydrogen-bond donors (Lipinski definition) is 1. The van der Waals surface area contributed by atoms with Crippen molar-refractivity contribution in [3.63, 3.8) is 0 Å². The van der Waals surface area contributed by atoms with E-state index in [9.17, 15) is 4.79 Å². The van der Waals surface area contributed by atoms with E-state index in [4.69, 9.17) is 4.74 Å². The highest BCUT2D eigenvalue weighted by molar-refractivity contribution is 5.81. The molecule has 0 amide bonds. The number of rotatable bonds is 2. The normalized spacial score (nSPS) is 10.4. The van der Waals surface area contributed by atoms with Crippen LogP contribution in [-0.4, -0.2) is 16.8 Å². The van der Waals surface area contributed by atoms with E-state index in [-0.39, 0.29) is 5.56 Å². The maximum absolute atomic E-state index is 11.4. The summed E-state index contributed by atoms with van der Waals surface area (Å²) in [5.41, 5.74) is -0.191. The summed E-state index contributed by atoms with van der Waals surface area (Å²) < 4.78 is 5.30. The van der Waals surface area contributed by atoms with Gasteiger partial charge in [0.25, 0.3) is 5.56 Å². The quantitative estimate of drug-likeness (QED) is 0.777. The first-order valence-electron chi connectivity index (χ1n) is 4.41. The molecule has 14 heavy (non-hydrogen) atoms. The number of aromatic nitrogens is 2. The molecule has 0 saturated heterocycles. The second-order valence-electron chi connectivity index (χ2n) is 2.88. The van der Waals surface area contributed by atoms with Crippen LogP contribution in [0.25, 0.3) is 10.8 Å². The molecule has 0 bridgehead atoms. The summed E-state index contributed by atoms with van der Waals surface area (Å²) in [4.78, 5) is 11.4. The van der Waals surface area contributed by atoms with Crippen molar-refractivity contribution in [2.75, 3.05) is 6.61 Å². The minimum Gasteiger partial charge on any atom is -0.494 e. The second kappa shape index (κ2) is 3.49. The highest BCUT2D eigenvalue weighted by Gasteiger charge is 2.00. The summed E-state index contributed by atoms with van der Waals surface area (Å²) in [6.45, 7) is 2.50. The molecular formula is C10H10N2O2. The Bertz CT molecular complexity index is 505. The Morgan fingerprint density at radius 3 is 3.14 bits per heavy atom. The van der Waals surface area contributed by atoms with Gasteiger partial charge in [0.05, 0.1) is 18.2 Å². The van der Waals surface area contributed by atoms with Gasteiger partial charge in [-0.25, -0.2) is 5.10 Å². The van der Waals surface area contributed by atoms with Crippen LogP contribution in [0.2, 0.25) is 0 Å². The van der Waals surface area contributed by atoms with E-state index in [1.807, 2.05) is 19.1 Å². The highest BCUT2D eigenvalue weighted by atomic mass is 16.5. The smallest absolute Gasteiger partial charge is 0.272 e. The van der Waals surface area contributed by atoms with E-state index in [2.05, 4.69) is 10.2 Å². The molecule has 0 aliphatic heterocycles. The van der Waals surface area contributed by atoms with Crippen LogP contribution in [0, 0.1) is 0 Å². The van der Waals surface area contributed by atoms with Crippen molar-refractivity contribution in [3.05, 3.63) is 34.7 Å². The fraction of sp³-hybridized carbons (Fsp3) is 0.200. The molecule has 1 aromatic heterocycles. The molecule has 4 nitrogen and oxygen atoms in total. The van der Waals surface area contributed by atoms with Crippen LogP contribution in [-0.2, 0) is 0 Å². The van der Waals surface area contributed by atoms with Crippen LogP contribution in [0.4, 0.5) is 0 Å². The van der Waals surface area contributed by atoms with Crippen LogP contribution < -0.4 is 10.3 Å². The molecule has 0 atom stereocenters. The molecule has 1 heterocycles. The van der Waals surface area contributed by atoms with Crippen LogP contribution in [0.1, 0.15) is 6.92 Å². The summed E-state index contributed by atoms with van der Waals surface area (Å²) >= 11 is 0. The van der Waals surface area contributed by atoms with Crippen LogP contribution in [0.15, 0.2) is 29.2 Å². The first-order chi connectivity index (χ1) is 6.81. The fourth-order valence-electron chi connectivity index (χ4n) is 1.32. The van der Waals surface area contributed by atoms with Gasteiger partial charge in [-0.15, -0.1) is 0 Å². The van der Waals surface area contributed by atoms with Crippen molar-refractivity contribution < 1.29 is 4.74 Å². The zero-order valence-electron chi connectivity index (χ0n) is 7.78. The predicted molar refractivity (Wildman–Crippen MR) is 53.5 cm³/mol. The maximum atomic E-state index is 11.4. The average Bonchev–Trinajstić information content (AvgIpc) is 2.20. The Hall–Kier alpha value is -1.84. The van der Waals surface area contributed by atoms with Crippen LogP contribution in [0.3, 0.4) is 0 Å². The predicted octanol–water partition coefficient (Wildman–Crippen LogP) is 1.32. The molecule has 4 heteroatoms. The van der Waals surface area contributed by atoms with E-state index in [0.717, 1.165) is 5.39 Å². The van der Waals surface area contributed by atoms with Gasteiger partial charge in [-0.05, 0) is 25.1 Å². The van der Waals surface area contributed by atoms with E-state index >= 15 is 0 Å². The second-order valence-corrected chi connectivity index (χ2v) is 2.88. The molecule has 0 fully saturated rings. The van der Waals surface area contributed by atoms with E-state index < -0.39 is 0 Å². The summed E-state index contributed by atoms with van der Waals surface area (Å²) in [5.74, 6) is 0.705. The third kappa shape index (κ3) is 1.46. The molecule has 0 spiro atoms. The first-order valence-corrected chi connectivity index (χ1v) is 4.41. The first kappa shape index (κ1) is 8.74. The number of nitrogens with zero attached hydrogens (tertiary/aromatic N) is 1. The molecule has 0 aliphatic rings. The minimum atomic E-state index is -0.191. The number of H-pyrrole nitrogens is 1. The Balaban J connectivity index is 2.64. The van der Waals surface area contributed by atoms with Gasteiger partial charge in [-0.1, -0.05) is 0 Å². The number of nitrogens with one attached hydrogen (secondary N) is 1. The van der Waals surface area contributed by atoms with Crippen molar-refractivity contribution in [3.8, 4) is 5.75 Å². The number of hydrogen-bond acceptors (Lipinski definition) is 3. The lowest BCUT2D eigenvalue weighted by molar-refractivity contribution is 0.340. The molecule has 0 radical (unpaired) electrons. The molecule has 0 unspecified atom stereocenters. The molecule has 1 N–H and O–H groups in total. The van der Waals surface area contributed by atoms with Crippen LogP contribution in [0.5, 0.6) is 5.75 Å². The van der Waals surface area contributed by atoms with Crippen molar-refractivity contribution in [2.24, 2.45) is 0 Å². The van der Waals surface area contributed by atoms with Crippen molar-refractivity contribution >= 4 is 10.8 Å². The monoisotopic (exact) mass is 190 g/mol. The number of ether oxygens (including phenoxy) is 1. The zero-order chi connectivity index (χ0) is 9.97. The molecular weight excluding hydrogens is 180 g/mol. The van der Waals surface area contributed by atoms with Crippen molar-refractivity contribution in [2.45, 2.75) is 6.92 Å². The Labute approximate surface area is 80.5 Å². The standard InChI is InChI=1S/C10H10N2O2/c1-2-14-8-4-3-7-6-11-12-10(13)9(7)5-8/h3-6H,2H2,1H3,(H,12,13). The third-order valence-corrected chi connectivity index (χ3v) is 1.95. The number of aromatic amines is 1. The molecule has 2 rings (SSSR count). The minimum absolute atomic E-state index is 0.191. The Kier molecular flexibility index (Phi) is 2.18. The average molecular weight is 190 g/mol. The summed E-state index contributed by atoms with van der Waals surface area (Å²) in [6, 6.07) is 5.37. The van der Waals surface area contributed by atoms with Gasteiger partial charge in [-0.3, -0.25) is 4.79 Å². The number of fused-ring (bicyclic) bond motifs is 1. The van der Waals surface area contributed by atoms with Gasteiger partial charge in [0.15, 0.2) is 0 Å². The Morgan fingerprint density at radius 1 is 1.50 bits per heavy atom. The number of benzene rings is 1. The van der Waals surface area contributed by atoms with E-state index in [1.54, 1.807) is 12.3 Å². The van der Waals surface area contributed by atoms with Gasteiger partial charge in [-0.2, -0.15) is 5.10 Å². The summed E-state index contributed by atoms with van der Waals surface area (Å²) in [5, 5.41) is 7.51. The lowest BCUT2D eigenvalue weighted by Crippen LogP contribution is -2.07. The van der Waals surface area contributed by atoms with Gasteiger partial charge in [0, 0.05) is 5.39 Å². The van der Waals surface area contributed by atoms with Gasteiger partial charge in [0.1, 0.15) is 5.75 Å². The highest BCUT2D eigenvalue weighted by Crippen LogP contribution is 2.16. The summed E-state index contributed by atoms with van der Waals surface area (Å²) in [7, 11) is 0. The van der Waals surface area contributed by atoms with E-state index in [0.29, 0.717) is 17.7 Å². The third-order valence-electron chi connectivity index (χ3n) is 1.95. The molecule has 2 aromatic rings. The lowest BCUT2D eigenvalue weighted by Gasteiger charge is -2.02. The Morgan fingerprint density at radius 2 is 2.36 bits per heavy atom. The summed E-state index contributed by atoms with van der Waals surface area (Å²) in [6.07, 6.45) is 1.62. The topological polar surface area (TPSA) is 55.0 Å². The molecule has 1 aromatic carbocycles. The fourth-order valence-corrected chi connectivity index (χ4v) is 1.32. The largest absolute Gasteiger partial charge is 0.494 e. The van der Waals surface area contributed by atoms with Crippen LogP contribution >= 0.6 is 0 Å². The van der Waals surface area contributed by atoms with Crippen molar-refractivity contribution in [1.29, 1.82) is 0 Å². The van der Waals surface area contributed by atoms with Crippen molar-refractivity contribution in [1.82, 2.24) is 10.2 Å². The van der Waals surface area contributed by atoms with Gasteiger partial charge >= 0.3 is 0 Å².